The molecule has 0 N–H and O–H groups in total. The molecule has 2 aromatic heterocycles. The lowest BCUT2D eigenvalue weighted by molar-refractivity contribution is 0.420. The second-order valence-electron chi connectivity index (χ2n) is 5.59. The van der Waals surface area contributed by atoms with Gasteiger partial charge >= 0.3 is 0 Å². The van der Waals surface area contributed by atoms with Crippen LogP contribution in [0.2, 0.25) is 0 Å². The monoisotopic (exact) mass is 319 g/mol. The van der Waals surface area contributed by atoms with Gasteiger partial charge in [-0.2, -0.15) is 5.10 Å². The van der Waals surface area contributed by atoms with Gasteiger partial charge < -0.3 is 9.15 Å². The van der Waals surface area contributed by atoms with Gasteiger partial charge in [-0.25, -0.2) is 4.98 Å². The number of rotatable bonds is 4. The average Bonchev–Trinajstić information content (AvgIpc) is 3.24. The standard InChI is InChI=1S/C19H17N3O2/c1-13-17(12-22-11-5-10-20-22)21-19(24-13)16-8-9-18(23-2)15-7-4-3-6-14(15)16/h3-11H,12H2,1-2H3. The molecule has 0 aliphatic heterocycles. The number of hydrogen-bond donors (Lipinski definition) is 0. The Balaban J connectivity index is 1.81. The first-order chi connectivity index (χ1) is 11.8. The molecule has 0 radical (unpaired) electrons. The van der Waals surface area contributed by atoms with Crippen molar-refractivity contribution >= 4 is 10.8 Å². The summed E-state index contributed by atoms with van der Waals surface area (Å²) in [5.74, 6) is 2.27. The minimum atomic E-state index is 0.594. The number of oxazole rings is 1. The number of benzene rings is 2. The zero-order valence-electron chi connectivity index (χ0n) is 13.6. The van der Waals surface area contributed by atoms with E-state index in [0.717, 1.165) is 33.5 Å². The summed E-state index contributed by atoms with van der Waals surface area (Å²) in [6.07, 6.45) is 3.67. The molecule has 5 heteroatoms. The smallest absolute Gasteiger partial charge is 0.227 e. The van der Waals surface area contributed by atoms with Crippen LogP contribution in [0.5, 0.6) is 5.75 Å². The highest BCUT2D eigenvalue weighted by Crippen LogP contribution is 2.34. The molecule has 0 unspecified atom stereocenters. The summed E-state index contributed by atoms with van der Waals surface area (Å²) in [7, 11) is 1.68. The molecule has 0 atom stereocenters. The fraction of sp³-hybridized carbons (Fsp3) is 0.158. The molecule has 0 saturated carbocycles. The Bertz CT molecular complexity index is 987. The molecule has 0 aliphatic carbocycles. The van der Waals surface area contributed by atoms with Crippen LogP contribution in [0.3, 0.4) is 0 Å². The normalized spacial score (nSPS) is 11.1. The van der Waals surface area contributed by atoms with Crippen LogP contribution in [0.4, 0.5) is 0 Å². The Hall–Kier alpha value is -3.08. The van der Waals surface area contributed by atoms with Crippen molar-refractivity contribution in [3.63, 3.8) is 0 Å². The van der Waals surface area contributed by atoms with Crippen molar-refractivity contribution in [3.8, 4) is 17.2 Å². The molecule has 0 bridgehead atoms. The molecule has 120 valence electrons. The summed E-state index contributed by atoms with van der Waals surface area (Å²) in [5.41, 5.74) is 1.84. The Morgan fingerprint density at radius 2 is 1.92 bits per heavy atom. The lowest BCUT2D eigenvalue weighted by Crippen LogP contribution is -2.01. The molecule has 0 aliphatic rings. The van der Waals surface area contributed by atoms with Crippen molar-refractivity contribution < 1.29 is 9.15 Å². The van der Waals surface area contributed by atoms with Gasteiger partial charge in [-0.3, -0.25) is 4.68 Å². The highest BCUT2D eigenvalue weighted by molar-refractivity contribution is 5.98. The van der Waals surface area contributed by atoms with E-state index in [0.29, 0.717) is 12.4 Å². The van der Waals surface area contributed by atoms with Gasteiger partial charge in [-0.15, -0.1) is 0 Å². The van der Waals surface area contributed by atoms with E-state index in [-0.39, 0.29) is 0 Å². The third-order valence-corrected chi connectivity index (χ3v) is 4.10. The molecule has 0 saturated heterocycles. The lowest BCUT2D eigenvalue weighted by Gasteiger charge is -2.08. The van der Waals surface area contributed by atoms with Gasteiger partial charge in [0.25, 0.3) is 0 Å². The Labute approximate surface area is 139 Å². The van der Waals surface area contributed by atoms with Crippen LogP contribution in [0.15, 0.2) is 59.3 Å². The van der Waals surface area contributed by atoms with E-state index in [2.05, 4.69) is 11.2 Å². The van der Waals surface area contributed by atoms with E-state index in [1.165, 1.54) is 0 Å². The van der Waals surface area contributed by atoms with Crippen LogP contribution in [0, 0.1) is 6.92 Å². The number of aryl methyl sites for hydroxylation is 1. The van der Waals surface area contributed by atoms with Crippen molar-refractivity contribution in [2.45, 2.75) is 13.5 Å². The molecule has 4 rings (SSSR count). The largest absolute Gasteiger partial charge is 0.496 e. The summed E-state index contributed by atoms with van der Waals surface area (Å²) in [4.78, 5) is 4.69. The summed E-state index contributed by atoms with van der Waals surface area (Å²) in [5, 5.41) is 6.33. The lowest BCUT2D eigenvalue weighted by atomic mass is 10.0. The zero-order chi connectivity index (χ0) is 16.5. The SMILES string of the molecule is COc1ccc(-c2nc(Cn3cccn3)c(C)o2)c2ccccc12. The topological polar surface area (TPSA) is 53.1 Å². The van der Waals surface area contributed by atoms with Gasteiger partial charge in [0.2, 0.25) is 5.89 Å². The highest BCUT2D eigenvalue weighted by atomic mass is 16.5. The van der Waals surface area contributed by atoms with E-state index >= 15 is 0 Å². The van der Waals surface area contributed by atoms with Crippen molar-refractivity contribution in [2.24, 2.45) is 0 Å². The minimum absolute atomic E-state index is 0.594. The third-order valence-electron chi connectivity index (χ3n) is 4.10. The molecule has 4 aromatic rings. The first kappa shape index (κ1) is 14.5. The van der Waals surface area contributed by atoms with Crippen LogP contribution in [0.1, 0.15) is 11.5 Å². The van der Waals surface area contributed by atoms with Gasteiger partial charge in [0.15, 0.2) is 0 Å². The molecule has 2 heterocycles. The summed E-state index contributed by atoms with van der Waals surface area (Å²) < 4.78 is 13.2. The maximum Gasteiger partial charge on any atom is 0.227 e. The first-order valence-electron chi connectivity index (χ1n) is 7.76. The maximum absolute atomic E-state index is 5.94. The summed E-state index contributed by atoms with van der Waals surface area (Å²) in [6.45, 7) is 2.53. The number of methoxy groups -OCH3 is 1. The number of fused-ring (bicyclic) bond motifs is 1. The van der Waals surface area contributed by atoms with Crippen molar-refractivity contribution in [1.29, 1.82) is 0 Å². The molecular weight excluding hydrogens is 302 g/mol. The van der Waals surface area contributed by atoms with Crippen molar-refractivity contribution in [1.82, 2.24) is 14.8 Å². The van der Waals surface area contributed by atoms with Crippen molar-refractivity contribution in [3.05, 3.63) is 66.3 Å². The molecule has 0 amide bonds. The van der Waals surface area contributed by atoms with Gasteiger partial charge in [-0.05, 0) is 30.5 Å². The van der Waals surface area contributed by atoms with Crippen LogP contribution in [-0.2, 0) is 6.54 Å². The summed E-state index contributed by atoms with van der Waals surface area (Å²) >= 11 is 0. The molecule has 5 nitrogen and oxygen atoms in total. The van der Waals surface area contributed by atoms with Crippen LogP contribution in [-0.4, -0.2) is 21.9 Å². The second-order valence-corrected chi connectivity index (χ2v) is 5.59. The van der Waals surface area contributed by atoms with Gasteiger partial charge in [0.05, 0.1) is 13.7 Å². The van der Waals surface area contributed by atoms with Crippen LogP contribution < -0.4 is 4.74 Å². The minimum Gasteiger partial charge on any atom is -0.496 e. The number of ether oxygens (including phenoxy) is 1. The van der Waals surface area contributed by atoms with E-state index in [4.69, 9.17) is 14.1 Å². The van der Waals surface area contributed by atoms with Crippen LogP contribution >= 0.6 is 0 Å². The van der Waals surface area contributed by atoms with Gasteiger partial charge in [0, 0.05) is 23.3 Å². The zero-order valence-corrected chi connectivity index (χ0v) is 13.6. The van der Waals surface area contributed by atoms with E-state index in [1.54, 1.807) is 13.3 Å². The highest BCUT2D eigenvalue weighted by Gasteiger charge is 2.15. The molecule has 24 heavy (non-hydrogen) atoms. The quantitative estimate of drug-likeness (QED) is 0.569. The molecule has 0 fully saturated rings. The van der Waals surface area contributed by atoms with Crippen LogP contribution in [0.25, 0.3) is 22.2 Å². The molecular formula is C19H17N3O2. The Morgan fingerprint density at radius 3 is 2.67 bits per heavy atom. The summed E-state index contributed by atoms with van der Waals surface area (Å²) in [6, 6.07) is 13.9. The average molecular weight is 319 g/mol. The Morgan fingerprint density at radius 1 is 1.08 bits per heavy atom. The first-order valence-corrected chi connectivity index (χ1v) is 7.76. The van der Waals surface area contributed by atoms with Gasteiger partial charge in [0.1, 0.15) is 17.2 Å². The predicted octanol–water partition coefficient (Wildman–Crippen LogP) is 4.06. The fourth-order valence-electron chi connectivity index (χ4n) is 2.87. The molecule has 0 spiro atoms. The van der Waals surface area contributed by atoms with E-state index < -0.39 is 0 Å². The second kappa shape index (κ2) is 5.85. The number of hydrogen-bond acceptors (Lipinski definition) is 4. The predicted molar refractivity (Wildman–Crippen MR) is 92.1 cm³/mol. The maximum atomic E-state index is 5.94. The van der Waals surface area contributed by atoms with Crippen molar-refractivity contribution in [2.75, 3.05) is 7.11 Å². The van der Waals surface area contributed by atoms with E-state index in [1.807, 2.05) is 54.2 Å². The van der Waals surface area contributed by atoms with Gasteiger partial charge in [-0.1, -0.05) is 24.3 Å². The molecule has 2 aromatic carbocycles. The number of aromatic nitrogens is 3. The fourth-order valence-corrected chi connectivity index (χ4v) is 2.87. The Kier molecular flexibility index (Phi) is 3.54. The third kappa shape index (κ3) is 2.44. The number of nitrogens with zero attached hydrogens (tertiary/aromatic N) is 3. The van der Waals surface area contributed by atoms with E-state index in [9.17, 15) is 0 Å².